The lowest BCUT2D eigenvalue weighted by molar-refractivity contribution is -0.132. The van der Waals surface area contributed by atoms with Crippen LogP contribution in [0.25, 0.3) is 5.65 Å². The maximum absolute atomic E-state index is 13.0. The largest absolute Gasteiger partial charge is 0.342 e. The molecule has 2 aromatic rings. The van der Waals surface area contributed by atoms with Gasteiger partial charge in [0.1, 0.15) is 17.8 Å². The minimum atomic E-state index is -0.190. The molecule has 124 valence electrons. The first kappa shape index (κ1) is 15.3. The van der Waals surface area contributed by atoms with Crippen LogP contribution in [-0.4, -0.2) is 57.4 Å². The third-order valence-corrected chi connectivity index (χ3v) is 5.69. The summed E-state index contributed by atoms with van der Waals surface area (Å²) in [6, 6.07) is 7.76. The molecule has 2 fully saturated rings. The minimum absolute atomic E-state index is 0.189. The normalized spacial score (nSPS) is 21.2. The van der Waals surface area contributed by atoms with Crippen LogP contribution in [0.1, 0.15) is 18.5 Å². The average molecular weight is 341 g/mol. The van der Waals surface area contributed by atoms with Gasteiger partial charge in [0.2, 0.25) is 5.91 Å². The second kappa shape index (κ2) is 6.36. The number of carbonyl (C=O) groups is 1. The van der Waals surface area contributed by atoms with Crippen molar-refractivity contribution in [2.75, 3.05) is 36.0 Å². The van der Waals surface area contributed by atoms with Gasteiger partial charge < -0.3 is 9.80 Å². The number of nitriles is 1. The van der Waals surface area contributed by atoms with Crippen LogP contribution in [0.4, 0.5) is 5.82 Å². The molecule has 2 aliphatic rings. The fraction of sp³-hybridized carbons (Fsp3) is 0.471. The molecule has 2 aliphatic heterocycles. The summed E-state index contributed by atoms with van der Waals surface area (Å²) in [5.74, 6) is 2.85. The predicted octanol–water partition coefficient (Wildman–Crippen LogP) is 1.75. The van der Waals surface area contributed by atoms with Gasteiger partial charge in [-0.1, -0.05) is 6.07 Å². The highest BCUT2D eigenvalue weighted by molar-refractivity contribution is 7.99. The van der Waals surface area contributed by atoms with Crippen molar-refractivity contribution in [3.05, 3.63) is 30.1 Å². The lowest BCUT2D eigenvalue weighted by atomic mass is 10.2. The number of carbonyl (C=O) groups excluding carboxylic acids is 1. The Balaban J connectivity index is 1.68. The highest BCUT2D eigenvalue weighted by atomic mass is 32.2. The SMILES string of the molecule is N#Cc1c(N2CCC[C@@H]2C(=O)N2CCSCC2)nc2ccccn12. The summed E-state index contributed by atoms with van der Waals surface area (Å²) in [5, 5.41) is 9.60. The monoisotopic (exact) mass is 341 g/mol. The number of imidazole rings is 1. The van der Waals surface area contributed by atoms with Crippen LogP contribution >= 0.6 is 11.8 Å². The fourth-order valence-electron chi connectivity index (χ4n) is 3.56. The molecule has 1 atom stereocenters. The van der Waals surface area contributed by atoms with Crippen LogP contribution in [0.2, 0.25) is 0 Å². The number of pyridine rings is 1. The molecule has 2 saturated heterocycles. The summed E-state index contributed by atoms with van der Waals surface area (Å²) in [7, 11) is 0. The number of amides is 1. The van der Waals surface area contributed by atoms with E-state index in [4.69, 9.17) is 0 Å². The van der Waals surface area contributed by atoms with Crippen LogP contribution < -0.4 is 4.90 Å². The molecule has 7 heteroatoms. The Kier molecular flexibility index (Phi) is 4.07. The molecule has 0 saturated carbocycles. The molecule has 4 rings (SSSR count). The molecule has 24 heavy (non-hydrogen) atoms. The Morgan fingerprint density at radius 1 is 1.29 bits per heavy atom. The van der Waals surface area contributed by atoms with E-state index in [-0.39, 0.29) is 11.9 Å². The van der Waals surface area contributed by atoms with Gasteiger partial charge >= 0.3 is 0 Å². The van der Waals surface area contributed by atoms with E-state index in [9.17, 15) is 10.1 Å². The molecule has 2 aromatic heterocycles. The Hall–Kier alpha value is -2.20. The lowest BCUT2D eigenvalue weighted by Crippen LogP contribution is -2.48. The molecule has 0 N–H and O–H groups in total. The van der Waals surface area contributed by atoms with Gasteiger partial charge in [-0.05, 0) is 25.0 Å². The molecular weight excluding hydrogens is 322 g/mol. The number of hydrogen-bond acceptors (Lipinski definition) is 5. The van der Waals surface area contributed by atoms with E-state index in [0.29, 0.717) is 11.5 Å². The molecule has 6 nitrogen and oxygen atoms in total. The third-order valence-electron chi connectivity index (χ3n) is 4.75. The number of nitrogens with zero attached hydrogens (tertiary/aromatic N) is 5. The van der Waals surface area contributed by atoms with E-state index in [1.807, 2.05) is 46.0 Å². The van der Waals surface area contributed by atoms with Crippen LogP contribution in [0.5, 0.6) is 0 Å². The van der Waals surface area contributed by atoms with Crippen molar-refractivity contribution in [3.8, 4) is 6.07 Å². The Morgan fingerprint density at radius 2 is 2.12 bits per heavy atom. The minimum Gasteiger partial charge on any atom is -0.342 e. The van der Waals surface area contributed by atoms with Crippen molar-refractivity contribution < 1.29 is 4.79 Å². The number of fused-ring (bicyclic) bond motifs is 1. The average Bonchev–Trinajstić information content (AvgIpc) is 3.25. The maximum Gasteiger partial charge on any atom is 0.245 e. The van der Waals surface area contributed by atoms with Crippen molar-refractivity contribution in [2.24, 2.45) is 0 Å². The van der Waals surface area contributed by atoms with Gasteiger partial charge in [0.05, 0.1) is 0 Å². The summed E-state index contributed by atoms with van der Waals surface area (Å²) in [6.45, 7) is 2.42. The zero-order valence-corrected chi connectivity index (χ0v) is 14.2. The van der Waals surface area contributed by atoms with Crippen molar-refractivity contribution in [2.45, 2.75) is 18.9 Å². The van der Waals surface area contributed by atoms with Crippen LogP contribution in [0, 0.1) is 11.3 Å². The first-order valence-corrected chi connectivity index (χ1v) is 9.45. The van der Waals surface area contributed by atoms with E-state index >= 15 is 0 Å². The molecule has 0 spiro atoms. The van der Waals surface area contributed by atoms with Crippen LogP contribution in [0.15, 0.2) is 24.4 Å². The molecule has 0 aromatic carbocycles. The molecule has 0 bridgehead atoms. The Bertz CT molecular complexity index is 805. The molecule has 0 unspecified atom stereocenters. The number of rotatable bonds is 2. The van der Waals surface area contributed by atoms with Crippen LogP contribution in [0.3, 0.4) is 0 Å². The first-order chi connectivity index (χ1) is 11.8. The number of thioether (sulfide) groups is 1. The Morgan fingerprint density at radius 3 is 2.92 bits per heavy atom. The zero-order chi connectivity index (χ0) is 16.5. The van der Waals surface area contributed by atoms with E-state index in [2.05, 4.69) is 11.1 Å². The predicted molar refractivity (Wildman–Crippen MR) is 94.2 cm³/mol. The highest BCUT2D eigenvalue weighted by Crippen LogP contribution is 2.30. The van der Waals surface area contributed by atoms with Gasteiger partial charge in [-0.25, -0.2) is 4.98 Å². The van der Waals surface area contributed by atoms with E-state index in [0.717, 1.165) is 49.6 Å². The van der Waals surface area contributed by atoms with Gasteiger partial charge in [0, 0.05) is 37.3 Å². The number of hydrogen-bond donors (Lipinski definition) is 0. The fourth-order valence-corrected chi connectivity index (χ4v) is 4.46. The second-order valence-corrected chi connectivity index (χ2v) is 7.34. The summed E-state index contributed by atoms with van der Waals surface area (Å²) in [6.07, 6.45) is 3.64. The zero-order valence-electron chi connectivity index (χ0n) is 13.4. The molecule has 4 heterocycles. The Labute approximate surface area is 145 Å². The van der Waals surface area contributed by atoms with Crippen molar-refractivity contribution in [3.63, 3.8) is 0 Å². The molecule has 1 amide bonds. The smallest absolute Gasteiger partial charge is 0.245 e. The van der Waals surface area contributed by atoms with E-state index < -0.39 is 0 Å². The second-order valence-electron chi connectivity index (χ2n) is 6.11. The molecule has 0 aliphatic carbocycles. The van der Waals surface area contributed by atoms with Crippen molar-refractivity contribution in [1.82, 2.24) is 14.3 Å². The lowest BCUT2D eigenvalue weighted by Gasteiger charge is -2.32. The first-order valence-electron chi connectivity index (χ1n) is 8.30. The van der Waals surface area contributed by atoms with Crippen molar-refractivity contribution >= 4 is 29.1 Å². The molecule has 0 radical (unpaired) electrons. The van der Waals surface area contributed by atoms with Gasteiger partial charge in [0.15, 0.2) is 11.5 Å². The molecular formula is C17H19N5OS. The van der Waals surface area contributed by atoms with Gasteiger partial charge in [0.25, 0.3) is 0 Å². The van der Waals surface area contributed by atoms with Gasteiger partial charge in [-0.3, -0.25) is 9.20 Å². The summed E-state index contributed by atoms with van der Waals surface area (Å²) in [5.41, 5.74) is 1.26. The quantitative estimate of drug-likeness (QED) is 0.833. The standard InChI is InChI=1S/C17H19N5OS/c18-12-14-16(19-15-5-1-2-6-21(14)15)22-7-3-4-13(22)17(23)20-8-10-24-11-9-20/h1-2,5-6,13H,3-4,7-11H2/t13-/m1/s1. The number of aromatic nitrogens is 2. The summed E-state index contributed by atoms with van der Waals surface area (Å²) in [4.78, 5) is 21.6. The maximum atomic E-state index is 13.0. The summed E-state index contributed by atoms with van der Waals surface area (Å²) < 4.78 is 1.80. The topological polar surface area (TPSA) is 64.6 Å². The van der Waals surface area contributed by atoms with Crippen LogP contribution in [-0.2, 0) is 4.79 Å². The van der Waals surface area contributed by atoms with Gasteiger partial charge in [-0.15, -0.1) is 0 Å². The van der Waals surface area contributed by atoms with Crippen molar-refractivity contribution in [1.29, 1.82) is 5.26 Å². The summed E-state index contributed by atoms with van der Waals surface area (Å²) >= 11 is 1.90. The number of anilines is 1. The highest BCUT2D eigenvalue weighted by Gasteiger charge is 2.36. The van der Waals surface area contributed by atoms with E-state index in [1.54, 1.807) is 4.40 Å². The van der Waals surface area contributed by atoms with Gasteiger partial charge in [-0.2, -0.15) is 17.0 Å². The third kappa shape index (κ3) is 2.51. The van der Waals surface area contributed by atoms with E-state index in [1.165, 1.54) is 0 Å².